The summed E-state index contributed by atoms with van der Waals surface area (Å²) in [4.78, 5) is 0. The Labute approximate surface area is 156 Å². The lowest BCUT2D eigenvalue weighted by molar-refractivity contribution is 0.627. The quantitative estimate of drug-likeness (QED) is 0.413. The van der Waals surface area contributed by atoms with Crippen LogP contribution in [-0.4, -0.2) is 0 Å². The number of benzene rings is 4. The van der Waals surface area contributed by atoms with Crippen molar-refractivity contribution in [2.45, 2.75) is 0 Å². The molecule has 0 fully saturated rings. The van der Waals surface area contributed by atoms with Gasteiger partial charge in [-0.2, -0.15) is 0 Å². The minimum absolute atomic E-state index is 0.235. The zero-order valence-electron chi connectivity index (χ0n) is 14.5. The molecule has 3 heteroatoms. The summed E-state index contributed by atoms with van der Waals surface area (Å²) in [6, 6.07) is 28.9. The molecule has 0 aliphatic carbocycles. The lowest BCUT2D eigenvalue weighted by Gasteiger charge is -2.09. The van der Waals surface area contributed by atoms with E-state index in [9.17, 15) is 8.78 Å². The van der Waals surface area contributed by atoms with Gasteiger partial charge in [-0.3, -0.25) is 0 Å². The summed E-state index contributed by atoms with van der Waals surface area (Å²) >= 11 is 0. The van der Waals surface area contributed by atoms with E-state index in [1.807, 2.05) is 48.5 Å². The van der Waals surface area contributed by atoms with Gasteiger partial charge >= 0.3 is 0 Å². The molecule has 4 rings (SSSR count). The van der Waals surface area contributed by atoms with E-state index in [0.29, 0.717) is 0 Å². The smallest absolute Gasteiger partial charge is 0.123 e. The molecular weight excluding hydrogens is 340 g/mol. The lowest BCUT2D eigenvalue weighted by atomic mass is 10.0. The highest BCUT2D eigenvalue weighted by molar-refractivity contribution is 5.70. The topological polar surface area (TPSA) is 12.0 Å². The Morgan fingerprint density at radius 1 is 0.370 bits per heavy atom. The first-order valence-corrected chi connectivity index (χ1v) is 8.66. The van der Waals surface area contributed by atoms with Crippen LogP contribution < -0.4 is 5.32 Å². The van der Waals surface area contributed by atoms with Gasteiger partial charge in [0.2, 0.25) is 0 Å². The largest absolute Gasteiger partial charge is 0.356 e. The third-order valence-electron chi connectivity index (χ3n) is 4.41. The SMILES string of the molecule is Fc1ccc(-c2ccc(Nc3ccc(-c4ccc(F)cc4)cc3)cc2)cc1. The molecule has 0 radical (unpaired) electrons. The molecule has 0 spiro atoms. The van der Waals surface area contributed by atoms with E-state index in [0.717, 1.165) is 33.6 Å². The van der Waals surface area contributed by atoms with E-state index in [2.05, 4.69) is 5.32 Å². The van der Waals surface area contributed by atoms with Gasteiger partial charge in [-0.15, -0.1) is 0 Å². The third-order valence-corrected chi connectivity index (χ3v) is 4.41. The van der Waals surface area contributed by atoms with Crippen LogP contribution in [0.2, 0.25) is 0 Å². The average molecular weight is 357 g/mol. The zero-order chi connectivity index (χ0) is 18.6. The molecule has 0 atom stereocenters. The number of halogens is 2. The maximum atomic E-state index is 13.0. The summed E-state index contributed by atoms with van der Waals surface area (Å²) in [7, 11) is 0. The number of hydrogen-bond donors (Lipinski definition) is 1. The van der Waals surface area contributed by atoms with Crippen LogP contribution in [0.5, 0.6) is 0 Å². The number of nitrogens with one attached hydrogen (secondary N) is 1. The minimum atomic E-state index is -0.235. The predicted molar refractivity (Wildman–Crippen MR) is 107 cm³/mol. The Hall–Kier alpha value is -3.46. The number of rotatable bonds is 4. The fourth-order valence-electron chi connectivity index (χ4n) is 2.94. The summed E-state index contributed by atoms with van der Waals surface area (Å²) in [5, 5.41) is 3.36. The average Bonchev–Trinajstić information content (AvgIpc) is 2.71. The molecular formula is C24H17F2N. The van der Waals surface area contributed by atoms with E-state index in [1.165, 1.54) is 24.3 Å². The highest BCUT2D eigenvalue weighted by Crippen LogP contribution is 2.26. The van der Waals surface area contributed by atoms with E-state index in [1.54, 1.807) is 24.3 Å². The van der Waals surface area contributed by atoms with Gasteiger partial charge in [0.05, 0.1) is 0 Å². The van der Waals surface area contributed by atoms with Crippen LogP contribution >= 0.6 is 0 Å². The van der Waals surface area contributed by atoms with Gasteiger partial charge in [0.1, 0.15) is 11.6 Å². The second kappa shape index (κ2) is 7.42. The van der Waals surface area contributed by atoms with Crippen LogP contribution in [0.15, 0.2) is 97.1 Å². The monoisotopic (exact) mass is 357 g/mol. The molecule has 27 heavy (non-hydrogen) atoms. The van der Waals surface area contributed by atoms with Crippen molar-refractivity contribution in [3.63, 3.8) is 0 Å². The molecule has 0 amide bonds. The Morgan fingerprint density at radius 2 is 0.630 bits per heavy atom. The second-order valence-corrected chi connectivity index (χ2v) is 6.29. The Morgan fingerprint density at radius 3 is 0.926 bits per heavy atom. The highest BCUT2D eigenvalue weighted by Gasteiger charge is 2.01. The molecule has 0 bridgehead atoms. The van der Waals surface area contributed by atoms with Gasteiger partial charge in [0.25, 0.3) is 0 Å². The van der Waals surface area contributed by atoms with Crippen molar-refractivity contribution in [1.29, 1.82) is 0 Å². The molecule has 0 aliphatic rings. The van der Waals surface area contributed by atoms with Gasteiger partial charge in [0, 0.05) is 11.4 Å². The molecule has 132 valence electrons. The fourth-order valence-corrected chi connectivity index (χ4v) is 2.94. The molecule has 4 aromatic carbocycles. The number of hydrogen-bond acceptors (Lipinski definition) is 1. The number of anilines is 2. The van der Waals surface area contributed by atoms with Gasteiger partial charge in [-0.05, 0) is 70.8 Å². The van der Waals surface area contributed by atoms with Gasteiger partial charge in [-0.1, -0.05) is 48.5 Å². The van der Waals surface area contributed by atoms with E-state index in [4.69, 9.17) is 0 Å². The first-order chi connectivity index (χ1) is 13.2. The molecule has 1 nitrogen and oxygen atoms in total. The van der Waals surface area contributed by atoms with Crippen molar-refractivity contribution in [2.75, 3.05) is 5.32 Å². The molecule has 0 aliphatic heterocycles. The molecule has 0 saturated carbocycles. The summed E-state index contributed by atoms with van der Waals surface area (Å²) < 4.78 is 26.1. The lowest BCUT2D eigenvalue weighted by Crippen LogP contribution is -1.90. The molecule has 1 N–H and O–H groups in total. The van der Waals surface area contributed by atoms with Crippen LogP contribution in [0.4, 0.5) is 20.2 Å². The normalized spacial score (nSPS) is 10.6. The van der Waals surface area contributed by atoms with Crippen LogP contribution in [0.3, 0.4) is 0 Å². The first-order valence-electron chi connectivity index (χ1n) is 8.66. The summed E-state index contributed by atoms with van der Waals surface area (Å²) in [5.74, 6) is -0.470. The third kappa shape index (κ3) is 4.04. The highest BCUT2D eigenvalue weighted by atomic mass is 19.1. The Balaban J connectivity index is 1.47. The van der Waals surface area contributed by atoms with E-state index in [-0.39, 0.29) is 11.6 Å². The van der Waals surface area contributed by atoms with Crippen molar-refractivity contribution in [2.24, 2.45) is 0 Å². The van der Waals surface area contributed by atoms with Crippen LogP contribution in [-0.2, 0) is 0 Å². The molecule has 0 unspecified atom stereocenters. The molecule has 0 aromatic heterocycles. The maximum absolute atomic E-state index is 13.0. The Bertz CT molecular complexity index is 933. The van der Waals surface area contributed by atoms with Crippen molar-refractivity contribution in [3.05, 3.63) is 109 Å². The van der Waals surface area contributed by atoms with Crippen molar-refractivity contribution in [1.82, 2.24) is 0 Å². The van der Waals surface area contributed by atoms with Crippen LogP contribution in [0.25, 0.3) is 22.3 Å². The minimum Gasteiger partial charge on any atom is -0.356 e. The molecule has 0 saturated heterocycles. The molecule has 0 heterocycles. The second-order valence-electron chi connectivity index (χ2n) is 6.29. The van der Waals surface area contributed by atoms with Crippen LogP contribution in [0, 0.1) is 11.6 Å². The fraction of sp³-hybridized carbons (Fsp3) is 0. The summed E-state index contributed by atoms with van der Waals surface area (Å²) in [5.41, 5.74) is 5.96. The van der Waals surface area contributed by atoms with Crippen molar-refractivity contribution in [3.8, 4) is 22.3 Å². The van der Waals surface area contributed by atoms with Gasteiger partial charge in [-0.25, -0.2) is 8.78 Å². The first kappa shape index (κ1) is 17.0. The summed E-state index contributed by atoms with van der Waals surface area (Å²) in [6.45, 7) is 0. The molecule has 4 aromatic rings. The summed E-state index contributed by atoms with van der Waals surface area (Å²) in [6.07, 6.45) is 0. The Kier molecular flexibility index (Phi) is 4.67. The van der Waals surface area contributed by atoms with E-state index >= 15 is 0 Å². The van der Waals surface area contributed by atoms with Crippen molar-refractivity contribution < 1.29 is 8.78 Å². The van der Waals surface area contributed by atoms with Gasteiger partial charge < -0.3 is 5.32 Å². The van der Waals surface area contributed by atoms with Crippen molar-refractivity contribution >= 4 is 11.4 Å². The van der Waals surface area contributed by atoms with Gasteiger partial charge in [0.15, 0.2) is 0 Å². The predicted octanol–water partition coefficient (Wildman–Crippen LogP) is 7.04. The zero-order valence-corrected chi connectivity index (χ0v) is 14.5. The van der Waals surface area contributed by atoms with Crippen LogP contribution in [0.1, 0.15) is 0 Å². The standard InChI is InChI=1S/C24H17F2N/c25-21-9-1-17(2-10-21)19-5-13-23(14-6-19)27-24-15-7-20(8-16-24)18-3-11-22(26)12-4-18/h1-16,27H. The van der Waals surface area contributed by atoms with E-state index < -0.39 is 0 Å². The maximum Gasteiger partial charge on any atom is 0.123 e.